The molecule has 23 heavy (non-hydrogen) atoms. The highest BCUT2D eigenvalue weighted by atomic mass is 16.5. The van der Waals surface area contributed by atoms with E-state index in [0.29, 0.717) is 0 Å². The zero-order valence-corrected chi connectivity index (χ0v) is 14.3. The quantitative estimate of drug-likeness (QED) is 0.912. The molecule has 3 unspecified atom stereocenters. The first-order chi connectivity index (χ1) is 11.0. The Kier molecular flexibility index (Phi) is 4.73. The second-order valence-electron chi connectivity index (χ2n) is 6.89. The van der Waals surface area contributed by atoms with E-state index in [4.69, 9.17) is 4.52 Å². The maximum atomic E-state index is 12.8. The lowest BCUT2D eigenvalue weighted by Gasteiger charge is -2.39. The van der Waals surface area contributed by atoms with Gasteiger partial charge in [-0.25, -0.2) is 0 Å². The molecule has 1 aliphatic carbocycles. The average molecular weight is 321 g/mol. The van der Waals surface area contributed by atoms with Crippen LogP contribution in [0.15, 0.2) is 4.52 Å². The first-order valence-electron chi connectivity index (χ1n) is 8.62. The minimum Gasteiger partial charge on any atom is -0.391 e. The van der Waals surface area contributed by atoms with Crippen molar-refractivity contribution in [3.8, 4) is 0 Å². The Labute approximate surface area is 137 Å². The lowest BCUT2D eigenvalue weighted by atomic mass is 9.97. The first-order valence-corrected chi connectivity index (χ1v) is 8.62. The summed E-state index contributed by atoms with van der Waals surface area (Å²) in [7, 11) is 0. The van der Waals surface area contributed by atoms with Crippen molar-refractivity contribution in [2.75, 3.05) is 26.2 Å². The van der Waals surface area contributed by atoms with Crippen LogP contribution in [0.5, 0.6) is 0 Å². The molecule has 1 saturated heterocycles. The van der Waals surface area contributed by atoms with Crippen molar-refractivity contribution in [1.29, 1.82) is 0 Å². The van der Waals surface area contributed by atoms with Crippen LogP contribution in [-0.2, 0) is 4.79 Å². The summed E-state index contributed by atoms with van der Waals surface area (Å²) in [5.74, 6) is 0.659. The van der Waals surface area contributed by atoms with Crippen LogP contribution in [-0.4, -0.2) is 64.3 Å². The summed E-state index contributed by atoms with van der Waals surface area (Å²) in [4.78, 5) is 17.1. The van der Waals surface area contributed by atoms with Crippen LogP contribution in [0.3, 0.4) is 0 Å². The number of amides is 1. The molecule has 1 amide bonds. The van der Waals surface area contributed by atoms with Crippen LogP contribution < -0.4 is 0 Å². The molecule has 3 atom stereocenters. The van der Waals surface area contributed by atoms with Crippen LogP contribution >= 0.6 is 0 Å². The van der Waals surface area contributed by atoms with Crippen molar-refractivity contribution in [3.63, 3.8) is 0 Å². The van der Waals surface area contributed by atoms with E-state index in [0.717, 1.165) is 62.5 Å². The highest BCUT2D eigenvalue weighted by Gasteiger charge is 2.34. The summed E-state index contributed by atoms with van der Waals surface area (Å²) in [6.07, 6.45) is 2.89. The minimum absolute atomic E-state index is 0.144. The summed E-state index contributed by atoms with van der Waals surface area (Å²) in [5, 5.41) is 14.0. The highest BCUT2D eigenvalue weighted by molar-refractivity contribution is 5.84. The molecule has 6 heteroatoms. The maximum Gasteiger partial charge on any atom is 0.230 e. The molecule has 2 fully saturated rings. The molecule has 6 nitrogen and oxygen atoms in total. The first kappa shape index (κ1) is 16.5. The number of nitrogens with zero attached hydrogens (tertiary/aromatic N) is 3. The van der Waals surface area contributed by atoms with Gasteiger partial charge in [-0.2, -0.15) is 0 Å². The molecule has 0 radical (unpaired) electrons. The zero-order valence-electron chi connectivity index (χ0n) is 14.3. The smallest absolute Gasteiger partial charge is 0.230 e. The van der Waals surface area contributed by atoms with Gasteiger partial charge in [0.25, 0.3) is 0 Å². The average Bonchev–Trinajstić information content (AvgIpc) is 3.12. The number of aliphatic hydroxyl groups is 1. The molecule has 0 bridgehead atoms. The molecule has 2 heterocycles. The van der Waals surface area contributed by atoms with Gasteiger partial charge in [0.1, 0.15) is 5.76 Å². The van der Waals surface area contributed by atoms with Crippen molar-refractivity contribution < 1.29 is 14.4 Å². The summed E-state index contributed by atoms with van der Waals surface area (Å²) in [6, 6.07) is 0.284. The molecule has 0 aromatic carbocycles. The van der Waals surface area contributed by atoms with Crippen molar-refractivity contribution in [1.82, 2.24) is 15.0 Å². The Hall–Kier alpha value is -1.40. The summed E-state index contributed by atoms with van der Waals surface area (Å²) in [6.45, 7) is 8.84. The normalized spacial score (nSPS) is 27.4. The molecular weight excluding hydrogens is 294 g/mol. The van der Waals surface area contributed by atoms with Crippen LogP contribution in [0.1, 0.15) is 49.1 Å². The Morgan fingerprint density at radius 2 is 1.96 bits per heavy atom. The number of carbonyl (C=O) groups is 1. The number of aromatic nitrogens is 1. The van der Waals surface area contributed by atoms with Crippen LogP contribution in [0.25, 0.3) is 0 Å². The number of hydrogen-bond donors (Lipinski definition) is 1. The summed E-state index contributed by atoms with van der Waals surface area (Å²) in [5.41, 5.74) is 1.72. The van der Waals surface area contributed by atoms with Crippen molar-refractivity contribution in [3.05, 3.63) is 17.0 Å². The topological polar surface area (TPSA) is 69.8 Å². The van der Waals surface area contributed by atoms with E-state index in [1.165, 1.54) is 0 Å². The van der Waals surface area contributed by atoms with Gasteiger partial charge in [0.2, 0.25) is 5.91 Å². The third-order valence-electron chi connectivity index (χ3n) is 5.43. The molecule has 1 aliphatic heterocycles. The van der Waals surface area contributed by atoms with Crippen LogP contribution in [0.2, 0.25) is 0 Å². The Morgan fingerprint density at radius 1 is 1.26 bits per heavy atom. The lowest BCUT2D eigenvalue weighted by Crippen LogP contribution is -2.54. The van der Waals surface area contributed by atoms with Crippen molar-refractivity contribution in [2.24, 2.45) is 0 Å². The molecule has 1 aromatic rings. The number of rotatable bonds is 3. The molecule has 1 N–H and O–H groups in total. The molecular formula is C17H27N3O3. The Balaban J connectivity index is 1.60. The van der Waals surface area contributed by atoms with Crippen molar-refractivity contribution >= 4 is 5.91 Å². The predicted octanol–water partition coefficient (Wildman–Crippen LogP) is 1.45. The number of piperazine rings is 1. The number of hydrogen-bond acceptors (Lipinski definition) is 5. The molecule has 128 valence electrons. The monoisotopic (exact) mass is 321 g/mol. The fraction of sp³-hybridized carbons (Fsp3) is 0.765. The fourth-order valence-electron chi connectivity index (χ4n) is 4.13. The van der Waals surface area contributed by atoms with Crippen LogP contribution in [0, 0.1) is 13.8 Å². The number of aliphatic hydroxyl groups excluding tert-OH is 1. The van der Waals surface area contributed by atoms with Gasteiger partial charge in [0, 0.05) is 37.8 Å². The van der Waals surface area contributed by atoms with Gasteiger partial charge < -0.3 is 14.5 Å². The third kappa shape index (κ3) is 3.15. The summed E-state index contributed by atoms with van der Waals surface area (Å²) >= 11 is 0. The van der Waals surface area contributed by atoms with E-state index >= 15 is 0 Å². The Bertz CT molecular complexity index is 544. The maximum absolute atomic E-state index is 12.8. The van der Waals surface area contributed by atoms with Gasteiger partial charge >= 0.3 is 0 Å². The van der Waals surface area contributed by atoms with Crippen molar-refractivity contribution in [2.45, 2.75) is 58.1 Å². The number of carbonyl (C=O) groups excluding carboxylic acids is 1. The van der Waals surface area contributed by atoms with E-state index in [-0.39, 0.29) is 24.0 Å². The van der Waals surface area contributed by atoms with Crippen LogP contribution in [0.4, 0.5) is 0 Å². The minimum atomic E-state index is -0.218. The molecule has 1 aromatic heterocycles. The van der Waals surface area contributed by atoms with E-state index in [1.54, 1.807) is 0 Å². The lowest BCUT2D eigenvalue weighted by molar-refractivity contribution is -0.134. The van der Waals surface area contributed by atoms with E-state index in [1.807, 2.05) is 25.7 Å². The molecule has 0 spiro atoms. The standard InChI is InChI=1S/C17H27N3O3/c1-11(16-12(2)18-23-13(16)3)17(22)20-9-7-19(8-10-20)14-5-4-6-15(14)21/h11,14-15,21H,4-10H2,1-3H3. The predicted molar refractivity (Wildman–Crippen MR) is 86.2 cm³/mol. The largest absolute Gasteiger partial charge is 0.391 e. The van der Waals surface area contributed by atoms with Gasteiger partial charge in [-0.1, -0.05) is 5.16 Å². The third-order valence-corrected chi connectivity index (χ3v) is 5.43. The number of aryl methyl sites for hydroxylation is 2. The molecule has 2 aliphatic rings. The van der Waals surface area contributed by atoms with E-state index in [9.17, 15) is 9.90 Å². The highest BCUT2D eigenvalue weighted by Crippen LogP contribution is 2.27. The van der Waals surface area contributed by atoms with Gasteiger partial charge in [0.05, 0.1) is 17.7 Å². The van der Waals surface area contributed by atoms with Gasteiger partial charge in [-0.05, 0) is 40.0 Å². The SMILES string of the molecule is Cc1noc(C)c1C(C)C(=O)N1CCN(C2CCCC2O)CC1. The Morgan fingerprint density at radius 3 is 2.48 bits per heavy atom. The van der Waals surface area contributed by atoms with Gasteiger partial charge in [0.15, 0.2) is 0 Å². The zero-order chi connectivity index (χ0) is 16.6. The molecule has 1 saturated carbocycles. The second kappa shape index (κ2) is 6.61. The van der Waals surface area contributed by atoms with Gasteiger partial charge in [-0.15, -0.1) is 0 Å². The van der Waals surface area contributed by atoms with Gasteiger partial charge in [-0.3, -0.25) is 9.69 Å². The van der Waals surface area contributed by atoms with E-state index < -0.39 is 0 Å². The molecule has 3 rings (SSSR count). The second-order valence-corrected chi connectivity index (χ2v) is 6.89. The summed E-state index contributed by atoms with van der Waals surface area (Å²) < 4.78 is 5.19. The van der Waals surface area contributed by atoms with E-state index in [2.05, 4.69) is 10.1 Å². The fourth-order valence-corrected chi connectivity index (χ4v) is 4.13.